The number of likely N-dealkylation sites (tertiary alicyclic amines) is 1. The molecule has 1 saturated heterocycles. The van der Waals surface area contributed by atoms with Crippen LogP contribution < -0.4 is 11.0 Å². The van der Waals surface area contributed by atoms with Gasteiger partial charge in [-0.05, 0) is 36.1 Å². The lowest BCUT2D eigenvalue weighted by Gasteiger charge is -2.42. The number of hydrogen-bond acceptors (Lipinski definition) is 8. The molecule has 9 nitrogen and oxygen atoms in total. The van der Waals surface area contributed by atoms with Crippen molar-refractivity contribution in [2.75, 3.05) is 20.2 Å². The van der Waals surface area contributed by atoms with Gasteiger partial charge in [0.15, 0.2) is 5.76 Å². The number of esters is 1. The van der Waals surface area contributed by atoms with Crippen LogP contribution in [0.3, 0.4) is 0 Å². The smallest absolute Gasteiger partial charge is 0.306 e. The van der Waals surface area contributed by atoms with E-state index < -0.39 is 23.1 Å². The number of hydrogen-bond donors (Lipinski definition) is 2. The quantitative estimate of drug-likeness (QED) is 0.504. The number of phenols is 1. The molecule has 4 heterocycles. The van der Waals surface area contributed by atoms with Crippen LogP contribution in [0.5, 0.6) is 11.5 Å². The van der Waals surface area contributed by atoms with Gasteiger partial charge in [0, 0.05) is 43.4 Å². The fourth-order valence-electron chi connectivity index (χ4n) is 5.53. The summed E-state index contributed by atoms with van der Waals surface area (Å²) in [6.45, 7) is 2.48. The van der Waals surface area contributed by atoms with Crippen molar-refractivity contribution in [3.8, 4) is 11.5 Å². The van der Waals surface area contributed by atoms with E-state index in [2.05, 4.69) is 4.90 Å². The maximum absolute atomic E-state index is 12.7. The summed E-state index contributed by atoms with van der Waals surface area (Å²) in [5.41, 5.74) is 1.05. The molecule has 9 heteroatoms. The van der Waals surface area contributed by atoms with E-state index in [-0.39, 0.29) is 29.4 Å². The molecule has 36 heavy (non-hydrogen) atoms. The maximum Gasteiger partial charge on any atom is 0.306 e. The Kier molecular flexibility index (Phi) is 6.40. The Labute approximate surface area is 207 Å². The van der Waals surface area contributed by atoms with Gasteiger partial charge in [-0.1, -0.05) is 18.2 Å². The molecule has 5 rings (SSSR count). The second-order valence-corrected chi connectivity index (χ2v) is 9.61. The van der Waals surface area contributed by atoms with Crippen LogP contribution in [-0.4, -0.2) is 45.8 Å². The summed E-state index contributed by atoms with van der Waals surface area (Å²) in [5, 5.41) is 20.3. The van der Waals surface area contributed by atoms with Crippen LogP contribution >= 0.6 is 0 Å². The van der Waals surface area contributed by atoms with E-state index in [1.54, 1.807) is 24.3 Å². The Bertz CT molecular complexity index is 1390. The number of rotatable bonds is 6. The SMILES string of the molecule is COC(=O)CC(c1ccc(O)cc1)c1oc(CN2C[C@H]3C[C@@H](C2)c2cccc(=O)n2C3)cc(=O)c1O. The van der Waals surface area contributed by atoms with Crippen molar-refractivity contribution in [3.05, 3.63) is 91.9 Å². The zero-order chi connectivity index (χ0) is 25.4. The standard InChI is InChI=1S/C27H28N2O7/c1-35-25(33)11-21(17-5-7-19(30)8-6-17)27-26(34)23(31)10-20(36-27)15-28-12-16-9-18(14-28)22-3-2-4-24(32)29(22)13-16/h2-8,10,16,18,21,30,34H,9,11-15H2,1H3/t16-,18+,21?/m1/s1. The number of carbonyl (C=O) groups is 1. The number of ether oxygens (including phenoxy) is 1. The molecular formula is C27H28N2O7. The molecule has 0 amide bonds. The van der Waals surface area contributed by atoms with Crippen molar-refractivity contribution in [3.63, 3.8) is 0 Å². The fraction of sp³-hybridized carbons (Fsp3) is 0.370. The van der Waals surface area contributed by atoms with E-state index in [0.29, 0.717) is 36.9 Å². The first-order valence-electron chi connectivity index (χ1n) is 12.0. The van der Waals surface area contributed by atoms with Crippen LogP contribution in [0, 0.1) is 5.92 Å². The zero-order valence-corrected chi connectivity index (χ0v) is 19.9. The first-order valence-corrected chi connectivity index (χ1v) is 12.0. The molecule has 3 atom stereocenters. The molecule has 0 spiro atoms. The molecule has 0 radical (unpaired) electrons. The first-order chi connectivity index (χ1) is 17.3. The lowest BCUT2D eigenvalue weighted by molar-refractivity contribution is -0.140. The summed E-state index contributed by atoms with van der Waals surface area (Å²) >= 11 is 0. The Morgan fingerprint density at radius 3 is 2.64 bits per heavy atom. The van der Waals surface area contributed by atoms with Crippen molar-refractivity contribution < 1.29 is 24.2 Å². The maximum atomic E-state index is 12.7. The fourth-order valence-corrected chi connectivity index (χ4v) is 5.53. The third kappa shape index (κ3) is 4.66. The number of benzene rings is 1. The summed E-state index contributed by atoms with van der Waals surface area (Å²) in [7, 11) is 1.27. The van der Waals surface area contributed by atoms with Crippen molar-refractivity contribution in [2.45, 2.75) is 37.8 Å². The van der Waals surface area contributed by atoms with Crippen LogP contribution in [0.2, 0.25) is 0 Å². The first kappa shape index (κ1) is 23.9. The minimum absolute atomic E-state index is 0.0114. The van der Waals surface area contributed by atoms with Crippen LogP contribution in [0.4, 0.5) is 0 Å². The Morgan fingerprint density at radius 1 is 1.11 bits per heavy atom. The van der Waals surface area contributed by atoms with Gasteiger partial charge in [-0.25, -0.2) is 0 Å². The number of phenolic OH excluding ortho intramolecular Hbond substituents is 1. The van der Waals surface area contributed by atoms with Crippen molar-refractivity contribution >= 4 is 5.97 Å². The molecule has 2 bridgehead atoms. The molecule has 188 valence electrons. The number of piperidine rings is 1. The number of aromatic nitrogens is 1. The lowest BCUT2D eigenvalue weighted by Crippen LogP contribution is -2.46. The number of carbonyl (C=O) groups excluding carboxylic acids is 1. The largest absolute Gasteiger partial charge is 0.508 e. The molecule has 2 aromatic heterocycles. The number of methoxy groups -OCH3 is 1. The number of pyridine rings is 1. The highest BCUT2D eigenvalue weighted by molar-refractivity contribution is 5.71. The third-order valence-electron chi connectivity index (χ3n) is 7.15. The topological polar surface area (TPSA) is 122 Å². The molecule has 1 fully saturated rings. The Morgan fingerprint density at radius 2 is 1.89 bits per heavy atom. The number of fused-ring (bicyclic) bond motifs is 4. The van der Waals surface area contributed by atoms with Crippen molar-refractivity contribution in [1.82, 2.24) is 9.47 Å². The van der Waals surface area contributed by atoms with Gasteiger partial charge in [-0.15, -0.1) is 0 Å². The van der Waals surface area contributed by atoms with E-state index in [4.69, 9.17) is 9.15 Å². The van der Waals surface area contributed by atoms with E-state index >= 15 is 0 Å². The van der Waals surface area contributed by atoms with Crippen molar-refractivity contribution in [1.29, 1.82) is 0 Å². The van der Waals surface area contributed by atoms with Gasteiger partial charge in [-0.2, -0.15) is 0 Å². The lowest BCUT2D eigenvalue weighted by atomic mass is 9.83. The highest BCUT2D eigenvalue weighted by Crippen LogP contribution is 2.37. The number of aromatic hydroxyl groups is 2. The van der Waals surface area contributed by atoms with Crippen LogP contribution in [0.15, 0.2) is 62.5 Å². The second-order valence-electron chi connectivity index (χ2n) is 9.61. The Balaban J connectivity index is 1.44. The Hall–Kier alpha value is -3.85. The van der Waals surface area contributed by atoms with Crippen LogP contribution in [0.1, 0.15) is 47.5 Å². The zero-order valence-electron chi connectivity index (χ0n) is 19.9. The molecule has 1 unspecified atom stereocenters. The van der Waals surface area contributed by atoms with Crippen LogP contribution in [0.25, 0.3) is 0 Å². The highest BCUT2D eigenvalue weighted by Gasteiger charge is 2.35. The van der Waals surface area contributed by atoms with E-state index in [9.17, 15) is 24.6 Å². The third-order valence-corrected chi connectivity index (χ3v) is 7.15. The summed E-state index contributed by atoms with van der Waals surface area (Å²) in [6.07, 6.45) is 0.855. The summed E-state index contributed by atoms with van der Waals surface area (Å²) in [5.74, 6) is -0.917. The predicted octanol–water partition coefficient (Wildman–Crippen LogP) is 2.53. The minimum atomic E-state index is -0.773. The van der Waals surface area contributed by atoms with Gasteiger partial charge >= 0.3 is 5.97 Å². The molecule has 0 saturated carbocycles. The van der Waals surface area contributed by atoms with Gasteiger partial charge in [-0.3, -0.25) is 19.3 Å². The normalized spacial score (nSPS) is 19.9. The van der Waals surface area contributed by atoms with E-state index in [1.807, 2.05) is 10.6 Å². The van der Waals surface area contributed by atoms with Gasteiger partial charge < -0.3 is 23.9 Å². The average Bonchev–Trinajstić information content (AvgIpc) is 2.86. The molecule has 2 aliphatic rings. The average molecular weight is 493 g/mol. The highest BCUT2D eigenvalue weighted by atomic mass is 16.5. The summed E-state index contributed by atoms with van der Waals surface area (Å²) < 4.78 is 12.8. The number of nitrogens with zero attached hydrogens (tertiary/aromatic N) is 2. The molecule has 1 aromatic carbocycles. The van der Waals surface area contributed by atoms with E-state index in [0.717, 1.165) is 18.7 Å². The van der Waals surface area contributed by atoms with Gasteiger partial charge in [0.2, 0.25) is 11.2 Å². The molecule has 2 N–H and O–H groups in total. The molecule has 2 aliphatic heterocycles. The van der Waals surface area contributed by atoms with Gasteiger partial charge in [0.25, 0.3) is 5.56 Å². The minimum Gasteiger partial charge on any atom is -0.508 e. The molecule has 3 aromatic rings. The van der Waals surface area contributed by atoms with Gasteiger partial charge in [0.1, 0.15) is 11.5 Å². The summed E-state index contributed by atoms with van der Waals surface area (Å²) in [6, 6.07) is 12.8. The molecular weight excluding hydrogens is 464 g/mol. The summed E-state index contributed by atoms with van der Waals surface area (Å²) in [4.78, 5) is 39.4. The van der Waals surface area contributed by atoms with E-state index in [1.165, 1.54) is 25.3 Å². The van der Waals surface area contributed by atoms with Crippen molar-refractivity contribution in [2.24, 2.45) is 5.92 Å². The predicted molar refractivity (Wildman–Crippen MR) is 130 cm³/mol. The van der Waals surface area contributed by atoms with Crippen LogP contribution in [-0.2, 0) is 22.6 Å². The molecule has 0 aliphatic carbocycles. The van der Waals surface area contributed by atoms with Gasteiger partial charge in [0.05, 0.1) is 26.0 Å². The second kappa shape index (κ2) is 9.66. The monoisotopic (exact) mass is 492 g/mol.